The largest absolute Gasteiger partial charge is 0.468 e. The number of aromatic amines is 1. The molecular formula is C12H16N2O2. The summed E-state index contributed by atoms with van der Waals surface area (Å²) in [7, 11) is 1.32. The zero-order valence-electron chi connectivity index (χ0n) is 9.32. The van der Waals surface area contributed by atoms with Gasteiger partial charge >= 0.3 is 5.97 Å². The third kappa shape index (κ3) is 2.41. The zero-order chi connectivity index (χ0) is 12.1. The number of carbonyl (C=O) groups is 1. The fourth-order valence-corrected chi connectivity index (χ4v) is 1.54. The molecule has 0 fully saturated rings. The first-order chi connectivity index (χ1) is 7.63. The van der Waals surface area contributed by atoms with Crippen molar-refractivity contribution in [3.8, 4) is 0 Å². The highest BCUT2D eigenvalue weighted by Crippen LogP contribution is 2.18. The summed E-state index contributed by atoms with van der Waals surface area (Å²) in [4.78, 5) is 14.2. The van der Waals surface area contributed by atoms with E-state index in [-0.39, 0.29) is 0 Å². The van der Waals surface area contributed by atoms with Crippen molar-refractivity contribution in [2.75, 3.05) is 7.11 Å². The van der Waals surface area contributed by atoms with Crippen LogP contribution in [-0.2, 0) is 16.0 Å². The van der Waals surface area contributed by atoms with Gasteiger partial charge in [0, 0.05) is 23.9 Å². The Kier molecular flexibility index (Phi) is 4.08. The van der Waals surface area contributed by atoms with Crippen LogP contribution in [0.2, 0.25) is 0 Å². The molecule has 4 heteroatoms. The molecule has 3 N–H and O–H groups in total. The lowest BCUT2D eigenvalue weighted by Crippen LogP contribution is -2.33. The molecule has 1 rings (SSSR count). The molecule has 16 heavy (non-hydrogen) atoms. The van der Waals surface area contributed by atoms with Crippen molar-refractivity contribution in [3.05, 3.63) is 36.2 Å². The van der Waals surface area contributed by atoms with Crippen molar-refractivity contribution < 1.29 is 9.53 Å². The lowest BCUT2D eigenvalue weighted by Gasteiger charge is -2.08. The van der Waals surface area contributed by atoms with Gasteiger partial charge in [0.1, 0.15) is 6.04 Å². The molecule has 0 spiro atoms. The van der Waals surface area contributed by atoms with Crippen molar-refractivity contribution in [3.63, 3.8) is 0 Å². The smallest absolute Gasteiger partial charge is 0.322 e. The first-order valence-corrected chi connectivity index (χ1v) is 4.92. The molecule has 86 valence electrons. The molecule has 0 aromatic carbocycles. The summed E-state index contributed by atoms with van der Waals surface area (Å²) in [6, 6.07) is -0.655. The van der Waals surface area contributed by atoms with E-state index < -0.39 is 12.0 Å². The van der Waals surface area contributed by atoms with Gasteiger partial charge in [-0.1, -0.05) is 19.2 Å². The second-order valence-corrected chi connectivity index (χ2v) is 3.38. The fourth-order valence-electron chi connectivity index (χ4n) is 1.54. The topological polar surface area (TPSA) is 68.1 Å². The molecule has 0 aliphatic rings. The van der Waals surface area contributed by atoms with Crippen LogP contribution >= 0.6 is 0 Å². The van der Waals surface area contributed by atoms with Crippen molar-refractivity contribution in [2.45, 2.75) is 12.5 Å². The monoisotopic (exact) mass is 220 g/mol. The maximum absolute atomic E-state index is 11.2. The molecule has 1 aromatic heterocycles. The Balaban J connectivity index is 2.89. The fraction of sp³-hybridized carbons (Fsp3) is 0.250. The van der Waals surface area contributed by atoms with Crippen molar-refractivity contribution in [1.29, 1.82) is 0 Å². The van der Waals surface area contributed by atoms with E-state index in [1.54, 1.807) is 18.3 Å². The summed E-state index contributed by atoms with van der Waals surface area (Å²) in [5.74, 6) is -0.420. The molecule has 0 bridgehead atoms. The van der Waals surface area contributed by atoms with Crippen LogP contribution in [0.5, 0.6) is 0 Å². The Hall–Kier alpha value is -1.81. The molecule has 4 nitrogen and oxygen atoms in total. The van der Waals surface area contributed by atoms with Gasteiger partial charge in [0.05, 0.1) is 7.11 Å². The molecule has 0 saturated carbocycles. The van der Waals surface area contributed by atoms with E-state index in [0.29, 0.717) is 6.42 Å². The average Bonchev–Trinajstić information content (AvgIpc) is 2.69. The summed E-state index contributed by atoms with van der Waals surface area (Å²) in [6.45, 7) is 7.40. The normalized spacial score (nSPS) is 11.9. The van der Waals surface area contributed by atoms with Crippen molar-refractivity contribution in [2.24, 2.45) is 5.73 Å². The van der Waals surface area contributed by atoms with Crippen LogP contribution in [0.4, 0.5) is 0 Å². The number of ether oxygens (including phenoxy) is 1. The summed E-state index contributed by atoms with van der Waals surface area (Å²) >= 11 is 0. The van der Waals surface area contributed by atoms with E-state index in [9.17, 15) is 4.79 Å². The SMILES string of the molecule is C=Cc1[nH]cc(CC(N)C(=O)OC)c1C=C. The number of hydrogen-bond acceptors (Lipinski definition) is 3. The first-order valence-electron chi connectivity index (χ1n) is 4.92. The van der Waals surface area contributed by atoms with Crippen LogP contribution in [-0.4, -0.2) is 24.1 Å². The number of nitrogens with two attached hydrogens (primary N) is 1. The number of nitrogens with one attached hydrogen (secondary N) is 1. The summed E-state index contributed by atoms with van der Waals surface area (Å²) in [5, 5.41) is 0. The van der Waals surface area contributed by atoms with Gasteiger partial charge < -0.3 is 15.5 Å². The summed E-state index contributed by atoms with van der Waals surface area (Å²) in [5.41, 5.74) is 8.42. The van der Waals surface area contributed by atoms with E-state index >= 15 is 0 Å². The van der Waals surface area contributed by atoms with Gasteiger partial charge in [-0.3, -0.25) is 4.79 Å². The van der Waals surface area contributed by atoms with E-state index in [1.165, 1.54) is 7.11 Å². The van der Waals surface area contributed by atoms with Crippen LogP contribution in [0.1, 0.15) is 16.8 Å². The number of hydrogen-bond donors (Lipinski definition) is 2. The predicted molar refractivity (Wildman–Crippen MR) is 64.7 cm³/mol. The number of esters is 1. The molecule has 0 aliphatic heterocycles. The first kappa shape index (κ1) is 12.3. The summed E-state index contributed by atoms with van der Waals surface area (Å²) < 4.78 is 4.57. The van der Waals surface area contributed by atoms with E-state index in [0.717, 1.165) is 16.8 Å². The van der Waals surface area contributed by atoms with Gasteiger partial charge in [0.25, 0.3) is 0 Å². The van der Waals surface area contributed by atoms with Crippen molar-refractivity contribution >= 4 is 18.1 Å². The van der Waals surface area contributed by atoms with Gasteiger partial charge in [-0.15, -0.1) is 0 Å². The molecule has 0 amide bonds. The minimum Gasteiger partial charge on any atom is -0.468 e. The second-order valence-electron chi connectivity index (χ2n) is 3.38. The Morgan fingerprint density at radius 2 is 2.31 bits per heavy atom. The van der Waals surface area contributed by atoms with Gasteiger partial charge in [0.2, 0.25) is 0 Å². The van der Waals surface area contributed by atoms with Crippen molar-refractivity contribution in [1.82, 2.24) is 4.98 Å². The molecule has 1 atom stereocenters. The number of methoxy groups -OCH3 is 1. The number of H-pyrrole nitrogens is 1. The molecule has 0 aliphatic carbocycles. The molecular weight excluding hydrogens is 204 g/mol. The van der Waals surface area contributed by atoms with Gasteiger partial charge in [0.15, 0.2) is 0 Å². The standard InChI is InChI=1S/C12H16N2O2/c1-4-9-8(7-14-11(9)5-2)6-10(13)12(15)16-3/h4-5,7,10,14H,1-2,6,13H2,3H3. The zero-order valence-corrected chi connectivity index (χ0v) is 9.32. The third-order valence-corrected chi connectivity index (χ3v) is 2.39. The van der Waals surface area contributed by atoms with E-state index in [1.807, 2.05) is 0 Å². The lowest BCUT2D eigenvalue weighted by atomic mass is 10.0. The average molecular weight is 220 g/mol. The minimum absolute atomic E-state index is 0.415. The van der Waals surface area contributed by atoms with Gasteiger partial charge in [-0.05, 0) is 11.6 Å². The molecule has 0 saturated heterocycles. The lowest BCUT2D eigenvalue weighted by molar-refractivity contribution is -0.142. The van der Waals surface area contributed by atoms with Crippen LogP contribution in [0.15, 0.2) is 19.4 Å². The van der Waals surface area contributed by atoms with Crippen LogP contribution in [0.25, 0.3) is 12.2 Å². The Morgan fingerprint density at radius 1 is 1.62 bits per heavy atom. The maximum Gasteiger partial charge on any atom is 0.322 e. The number of rotatable bonds is 5. The predicted octanol–water partition coefficient (Wildman–Crippen LogP) is 1.34. The van der Waals surface area contributed by atoms with Crippen LogP contribution < -0.4 is 5.73 Å². The van der Waals surface area contributed by atoms with E-state index in [2.05, 4.69) is 22.9 Å². The third-order valence-electron chi connectivity index (χ3n) is 2.39. The van der Waals surface area contributed by atoms with Crippen LogP contribution in [0.3, 0.4) is 0 Å². The van der Waals surface area contributed by atoms with Crippen LogP contribution in [0, 0.1) is 0 Å². The van der Waals surface area contributed by atoms with Gasteiger partial charge in [-0.25, -0.2) is 0 Å². The number of aromatic nitrogens is 1. The Morgan fingerprint density at radius 3 is 2.81 bits per heavy atom. The quantitative estimate of drug-likeness (QED) is 0.736. The molecule has 1 unspecified atom stereocenters. The highest BCUT2D eigenvalue weighted by Gasteiger charge is 2.17. The van der Waals surface area contributed by atoms with Gasteiger partial charge in [-0.2, -0.15) is 0 Å². The molecule has 1 heterocycles. The Labute approximate surface area is 94.8 Å². The maximum atomic E-state index is 11.2. The summed E-state index contributed by atoms with van der Waals surface area (Å²) in [6.07, 6.45) is 5.63. The Bertz CT molecular complexity index is 407. The molecule has 0 radical (unpaired) electrons. The highest BCUT2D eigenvalue weighted by molar-refractivity contribution is 5.76. The molecule has 1 aromatic rings. The minimum atomic E-state index is -0.655. The highest BCUT2D eigenvalue weighted by atomic mass is 16.5. The second kappa shape index (κ2) is 5.32. The van der Waals surface area contributed by atoms with E-state index in [4.69, 9.17) is 5.73 Å². The number of carbonyl (C=O) groups excluding carboxylic acids is 1.